The minimum absolute atomic E-state index is 0.179. The van der Waals surface area contributed by atoms with Gasteiger partial charge in [-0.3, -0.25) is 10.1 Å². The molecule has 2 rings (SSSR count). The molecule has 0 fully saturated rings. The van der Waals surface area contributed by atoms with Crippen LogP contribution in [0.4, 0.5) is 5.00 Å². The van der Waals surface area contributed by atoms with Gasteiger partial charge in [-0.25, -0.2) is 0 Å². The van der Waals surface area contributed by atoms with Crippen molar-refractivity contribution in [3.05, 3.63) is 48.5 Å². The van der Waals surface area contributed by atoms with Crippen LogP contribution in [0.1, 0.15) is 23.4 Å². The van der Waals surface area contributed by atoms with Crippen LogP contribution in [0.25, 0.3) is 0 Å². The molecule has 0 bridgehead atoms. The molecule has 2 aromatic heterocycles. The topological polar surface area (TPSA) is 55.2 Å². The predicted octanol–water partition coefficient (Wildman–Crippen LogP) is 4.22. The second-order valence-corrected chi connectivity index (χ2v) is 6.43. The summed E-state index contributed by atoms with van der Waals surface area (Å²) in [5.41, 5.74) is 0.932. The molecular weight excluding hydrogens is 292 g/mol. The van der Waals surface area contributed by atoms with Crippen LogP contribution >= 0.6 is 34.3 Å². The van der Waals surface area contributed by atoms with Gasteiger partial charge in [0.25, 0.3) is 0 Å². The van der Waals surface area contributed by atoms with E-state index < -0.39 is 0 Å². The van der Waals surface area contributed by atoms with Crippen molar-refractivity contribution in [1.29, 1.82) is 0 Å². The Morgan fingerprint density at radius 2 is 2.33 bits per heavy atom. The summed E-state index contributed by atoms with van der Waals surface area (Å²) in [6, 6.07) is 5.64. The highest BCUT2D eigenvalue weighted by Gasteiger charge is 2.11. The van der Waals surface area contributed by atoms with E-state index in [-0.39, 0.29) is 16.0 Å². The minimum Gasteiger partial charge on any atom is -0.305 e. The molecule has 2 heterocycles. The molecule has 2 aromatic rings. The highest BCUT2D eigenvalue weighted by atomic mass is 35.5. The largest absolute Gasteiger partial charge is 0.324 e. The first kappa shape index (κ1) is 13.5. The molecule has 96 valence electrons. The average Bonchev–Trinajstić information content (AvgIpc) is 2.94. The number of hydrogen-bond donors (Lipinski definition) is 1. The van der Waals surface area contributed by atoms with E-state index in [9.17, 15) is 10.1 Å². The van der Waals surface area contributed by atoms with Crippen molar-refractivity contribution in [2.24, 2.45) is 0 Å². The van der Waals surface area contributed by atoms with Crippen LogP contribution < -0.4 is 5.32 Å². The van der Waals surface area contributed by atoms with E-state index in [1.807, 2.05) is 19.1 Å². The van der Waals surface area contributed by atoms with Crippen LogP contribution in [0.3, 0.4) is 0 Å². The van der Waals surface area contributed by atoms with Crippen LogP contribution in [-0.4, -0.2) is 4.92 Å². The first-order valence-electron chi connectivity index (χ1n) is 5.26. The molecule has 0 aliphatic rings. The minimum atomic E-state index is -0.364. The van der Waals surface area contributed by atoms with Gasteiger partial charge in [-0.2, -0.15) is 0 Å². The first-order valence-corrected chi connectivity index (χ1v) is 7.34. The van der Waals surface area contributed by atoms with E-state index in [4.69, 9.17) is 11.6 Å². The van der Waals surface area contributed by atoms with Crippen LogP contribution in [0.2, 0.25) is 4.34 Å². The normalized spacial score (nSPS) is 12.6. The zero-order valence-corrected chi connectivity index (χ0v) is 11.9. The van der Waals surface area contributed by atoms with Crippen LogP contribution in [-0.2, 0) is 6.54 Å². The molecule has 18 heavy (non-hydrogen) atoms. The van der Waals surface area contributed by atoms with E-state index in [2.05, 4.69) is 5.32 Å². The zero-order valence-electron chi connectivity index (χ0n) is 9.55. The maximum Gasteiger partial charge on any atom is 0.324 e. The van der Waals surface area contributed by atoms with Gasteiger partial charge < -0.3 is 5.32 Å². The number of rotatable bonds is 5. The Labute approximate surface area is 117 Å². The average molecular weight is 303 g/mol. The number of thiophene rings is 2. The van der Waals surface area contributed by atoms with E-state index in [0.717, 1.165) is 26.1 Å². The molecule has 0 aromatic carbocycles. The van der Waals surface area contributed by atoms with Crippen molar-refractivity contribution >= 4 is 39.3 Å². The van der Waals surface area contributed by atoms with Gasteiger partial charge in [0, 0.05) is 28.9 Å². The molecule has 0 saturated heterocycles. The fourth-order valence-corrected chi connectivity index (χ4v) is 3.30. The van der Waals surface area contributed by atoms with Gasteiger partial charge in [-0.05, 0) is 24.6 Å². The van der Waals surface area contributed by atoms with E-state index in [1.54, 1.807) is 11.4 Å². The summed E-state index contributed by atoms with van der Waals surface area (Å²) < 4.78 is 0.768. The summed E-state index contributed by atoms with van der Waals surface area (Å²) in [7, 11) is 0. The van der Waals surface area contributed by atoms with Crippen LogP contribution in [0.5, 0.6) is 0 Å². The molecule has 4 nitrogen and oxygen atoms in total. The second-order valence-electron chi connectivity index (χ2n) is 3.79. The molecular formula is C11H11ClN2O2S2. The third kappa shape index (κ3) is 3.29. The molecule has 1 unspecified atom stereocenters. The number of hydrogen-bond acceptors (Lipinski definition) is 5. The fourth-order valence-electron chi connectivity index (χ4n) is 1.48. The number of nitro groups is 1. The van der Waals surface area contributed by atoms with Crippen molar-refractivity contribution in [2.75, 3.05) is 0 Å². The van der Waals surface area contributed by atoms with Gasteiger partial charge in [0.1, 0.15) is 0 Å². The molecule has 1 atom stereocenters. The highest BCUT2D eigenvalue weighted by molar-refractivity contribution is 7.16. The molecule has 1 N–H and O–H groups in total. The smallest absolute Gasteiger partial charge is 0.305 e. The Morgan fingerprint density at radius 1 is 1.56 bits per heavy atom. The Morgan fingerprint density at radius 3 is 2.89 bits per heavy atom. The van der Waals surface area contributed by atoms with Crippen LogP contribution in [0, 0.1) is 10.1 Å². The second kappa shape index (κ2) is 5.79. The Hall–Kier alpha value is -0.950. The lowest BCUT2D eigenvalue weighted by Gasteiger charge is -2.10. The van der Waals surface area contributed by atoms with Gasteiger partial charge in [0.15, 0.2) is 0 Å². The SMILES string of the molecule is CC(NCc1csc([N+](=O)[O-])c1)c1ccc(Cl)s1. The van der Waals surface area contributed by atoms with Crippen molar-refractivity contribution in [2.45, 2.75) is 19.5 Å². The summed E-state index contributed by atoms with van der Waals surface area (Å²) in [4.78, 5) is 11.4. The Balaban J connectivity index is 1.92. The van der Waals surface area contributed by atoms with Crippen molar-refractivity contribution in [1.82, 2.24) is 5.32 Å². The highest BCUT2D eigenvalue weighted by Crippen LogP contribution is 2.27. The lowest BCUT2D eigenvalue weighted by Crippen LogP contribution is -2.16. The quantitative estimate of drug-likeness (QED) is 0.664. The summed E-state index contributed by atoms with van der Waals surface area (Å²) >= 11 is 8.57. The van der Waals surface area contributed by atoms with E-state index in [0.29, 0.717) is 6.54 Å². The van der Waals surface area contributed by atoms with Gasteiger partial charge in [0.2, 0.25) is 0 Å². The third-order valence-corrected chi connectivity index (χ3v) is 4.80. The lowest BCUT2D eigenvalue weighted by molar-refractivity contribution is -0.380. The Bertz CT molecular complexity index is 553. The van der Waals surface area contributed by atoms with Crippen LogP contribution in [0.15, 0.2) is 23.6 Å². The number of nitrogens with one attached hydrogen (secondary N) is 1. The van der Waals surface area contributed by atoms with Gasteiger partial charge in [-0.1, -0.05) is 22.9 Å². The van der Waals surface area contributed by atoms with Gasteiger partial charge >= 0.3 is 5.00 Å². The standard InChI is InChI=1S/C11H11ClN2O2S2/c1-7(9-2-3-10(12)18-9)13-5-8-4-11(14(15)16)17-6-8/h2-4,6-7,13H,5H2,1H3. The molecule has 0 saturated carbocycles. The Kier molecular flexibility index (Phi) is 4.34. The van der Waals surface area contributed by atoms with E-state index >= 15 is 0 Å². The third-order valence-electron chi connectivity index (χ3n) is 2.45. The fraction of sp³-hybridized carbons (Fsp3) is 0.273. The maximum absolute atomic E-state index is 10.6. The molecule has 0 aliphatic heterocycles. The van der Waals surface area contributed by atoms with Crippen molar-refractivity contribution in [3.8, 4) is 0 Å². The van der Waals surface area contributed by atoms with Gasteiger partial charge in [-0.15, -0.1) is 11.3 Å². The summed E-state index contributed by atoms with van der Waals surface area (Å²) in [5.74, 6) is 0. The predicted molar refractivity (Wildman–Crippen MR) is 75.6 cm³/mol. The molecule has 0 aliphatic carbocycles. The molecule has 0 radical (unpaired) electrons. The molecule has 7 heteroatoms. The van der Waals surface area contributed by atoms with Crippen molar-refractivity contribution in [3.63, 3.8) is 0 Å². The number of halogens is 1. The lowest BCUT2D eigenvalue weighted by atomic mass is 10.2. The first-order chi connectivity index (χ1) is 8.56. The van der Waals surface area contributed by atoms with E-state index in [1.165, 1.54) is 11.3 Å². The van der Waals surface area contributed by atoms with Crippen molar-refractivity contribution < 1.29 is 4.92 Å². The summed E-state index contributed by atoms with van der Waals surface area (Å²) in [5, 5.41) is 15.9. The summed E-state index contributed by atoms with van der Waals surface area (Å²) in [6.07, 6.45) is 0. The number of nitrogens with zero attached hydrogens (tertiary/aromatic N) is 1. The summed E-state index contributed by atoms with van der Waals surface area (Å²) in [6.45, 7) is 2.66. The van der Waals surface area contributed by atoms with Gasteiger partial charge in [0.05, 0.1) is 9.26 Å². The zero-order chi connectivity index (χ0) is 13.1. The maximum atomic E-state index is 10.6. The molecule has 0 amide bonds. The molecule has 0 spiro atoms. The monoisotopic (exact) mass is 302 g/mol.